The predicted molar refractivity (Wildman–Crippen MR) is 109 cm³/mol. The maximum absolute atomic E-state index is 12.1. The van der Waals surface area contributed by atoms with Gasteiger partial charge in [-0.15, -0.1) is 0 Å². The number of benzene rings is 2. The van der Waals surface area contributed by atoms with Crippen LogP contribution in [0, 0.1) is 0 Å². The molecule has 1 N–H and O–H groups in total. The van der Waals surface area contributed by atoms with Crippen molar-refractivity contribution in [3.8, 4) is 5.75 Å². The van der Waals surface area contributed by atoms with Gasteiger partial charge in [0.2, 0.25) is 0 Å². The molecule has 3 rings (SSSR count). The lowest BCUT2D eigenvalue weighted by Crippen LogP contribution is -2.35. The van der Waals surface area contributed by atoms with Crippen LogP contribution in [0.2, 0.25) is 0 Å². The Hall–Kier alpha value is -3.04. The number of ether oxygens (including phenoxy) is 3. The average molecular weight is 434 g/mol. The third-order valence-corrected chi connectivity index (χ3v) is 4.61. The minimum Gasteiger partial charge on any atom is -0.455 e. The summed E-state index contributed by atoms with van der Waals surface area (Å²) in [4.78, 5) is 26.2. The van der Waals surface area contributed by atoms with Gasteiger partial charge < -0.3 is 19.5 Å². The highest BCUT2D eigenvalue weighted by molar-refractivity contribution is 5.92. The number of halogens is 2. The van der Waals surface area contributed by atoms with Crippen LogP contribution in [-0.2, 0) is 32.0 Å². The van der Waals surface area contributed by atoms with E-state index in [1.54, 1.807) is 12.1 Å². The number of amides is 1. The van der Waals surface area contributed by atoms with E-state index in [0.29, 0.717) is 11.3 Å². The molecule has 9 heteroatoms. The first-order valence-corrected chi connectivity index (χ1v) is 9.86. The van der Waals surface area contributed by atoms with Gasteiger partial charge in [-0.05, 0) is 35.4 Å². The predicted octanol–water partition coefficient (Wildman–Crippen LogP) is 2.84. The van der Waals surface area contributed by atoms with E-state index < -0.39 is 25.1 Å². The molecule has 1 saturated heterocycles. The molecule has 0 saturated carbocycles. The largest absolute Gasteiger partial charge is 0.455 e. The van der Waals surface area contributed by atoms with Gasteiger partial charge in [0.1, 0.15) is 5.75 Å². The van der Waals surface area contributed by atoms with E-state index in [0.717, 1.165) is 38.4 Å². The van der Waals surface area contributed by atoms with E-state index in [1.165, 1.54) is 24.3 Å². The SMILES string of the molecule is O=C(COC(=O)Cc1ccc(OC(F)F)cc1)Nc1ccc(CN2CCOCC2)cc1. The van der Waals surface area contributed by atoms with Gasteiger partial charge in [-0.3, -0.25) is 14.5 Å². The lowest BCUT2D eigenvalue weighted by Gasteiger charge is -2.26. The van der Waals surface area contributed by atoms with E-state index >= 15 is 0 Å². The first-order chi connectivity index (χ1) is 15.0. The Kier molecular flexibility index (Phi) is 8.31. The third-order valence-electron chi connectivity index (χ3n) is 4.61. The van der Waals surface area contributed by atoms with Crippen molar-refractivity contribution in [2.75, 3.05) is 38.2 Å². The topological polar surface area (TPSA) is 77.1 Å². The molecule has 0 unspecified atom stereocenters. The van der Waals surface area contributed by atoms with E-state index in [4.69, 9.17) is 9.47 Å². The maximum atomic E-state index is 12.1. The number of esters is 1. The Bertz CT molecular complexity index is 853. The molecule has 2 aromatic rings. The molecular weight excluding hydrogens is 410 g/mol. The highest BCUT2D eigenvalue weighted by Crippen LogP contribution is 2.16. The Morgan fingerprint density at radius 1 is 1.00 bits per heavy atom. The number of carbonyl (C=O) groups is 2. The van der Waals surface area contributed by atoms with Crippen LogP contribution in [0.15, 0.2) is 48.5 Å². The second kappa shape index (κ2) is 11.4. The van der Waals surface area contributed by atoms with Crippen LogP contribution in [0.1, 0.15) is 11.1 Å². The van der Waals surface area contributed by atoms with Crippen molar-refractivity contribution in [1.82, 2.24) is 4.90 Å². The number of morpholine rings is 1. The fraction of sp³-hybridized carbons (Fsp3) is 0.364. The summed E-state index contributed by atoms with van der Waals surface area (Å²) >= 11 is 0. The smallest absolute Gasteiger partial charge is 0.387 e. The standard InChI is InChI=1S/C22H24F2N2O5/c23-22(24)31-19-7-3-16(4-8-19)13-21(28)30-15-20(27)25-18-5-1-17(2-6-18)14-26-9-11-29-12-10-26/h1-8,22H,9-15H2,(H,25,27). The first-order valence-electron chi connectivity index (χ1n) is 9.86. The van der Waals surface area contributed by atoms with Gasteiger partial charge >= 0.3 is 12.6 Å². The second-order valence-corrected chi connectivity index (χ2v) is 6.99. The van der Waals surface area contributed by atoms with Gasteiger partial charge in [-0.1, -0.05) is 24.3 Å². The normalized spacial score (nSPS) is 14.3. The van der Waals surface area contributed by atoms with Gasteiger partial charge in [0.25, 0.3) is 5.91 Å². The van der Waals surface area contributed by atoms with Gasteiger partial charge in [-0.25, -0.2) is 0 Å². The van der Waals surface area contributed by atoms with Crippen LogP contribution >= 0.6 is 0 Å². The molecule has 7 nitrogen and oxygen atoms in total. The molecule has 166 valence electrons. The molecule has 1 amide bonds. The number of hydrogen-bond acceptors (Lipinski definition) is 6. The van der Waals surface area contributed by atoms with Crippen LogP contribution < -0.4 is 10.1 Å². The minimum atomic E-state index is -2.91. The van der Waals surface area contributed by atoms with Crippen LogP contribution in [0.4, 0.5) is 14.5 Å². The molecule has 1 aliphatic rings. The zero-order valence-electron chi connectivity index (χ0n) is 16.9. The highest BCUT2D eigenvalue weighted by atomic mass is 19.3. The van der Waals surface area contributed by atoms with Gasteiger partial charge in [0, 0.05) is 25.3 Å². The van der Waals surface area contributed by atoms with Crippen molar-refractivity contribution in [2.45, 2.75) is 19.6 Å². The van der Waals surface area contributed by atoms with Crippen molar-refractivity contribution < 1.29 is 32.6 Å². The molecule has 0 radical (unpaired) electrons. The number of nitrogens with zero attached hydrogens (tertiary/aromatic N) is 1. The Morgan fingerprint density at radius 2 is 1.65 bits per heavy atom. The summed E-state index contributed by atoms with van der Waals surface area (Å²) in [6.07, 6.45) is -0.0848. The van der Waals surface area contributed by atoms with Crippen LogP contribution in [-0.4, -0.2) is 56.3 Å². The second-order valence-electron chi connectivity index (χ2n) is 6.99. The van der Waals surface area contributed by atoms with Crippen LogP contribution in [0.5, 0.6) is 5.75 Å². The summed E-state index contributed by atoms with van der Waals surface area (Å²) < 4.78 is 38.8. The van der Waals surface area contributed by atoms with Gasteiger partial charge in [0.05, 0.1) is 19.6 Å². The number of nitrogens with one attached hydrogen (secondary N) is 1. The Balaban J connectivity index is 1.38. The van der Waals surface area contributed by atoms with Crippen molar-refractivity contribution in [1.29, 1.82) is 0 Å². The summed E-state index contributed by atoms with van der Waals surface area (Å²) in [6, 6.07) is 13.1. The van der Waals surface area contributed by atoms with Gasteiger partial charge in [-0.2, -0.15) is 8.78 Å². The summed E-state index contributed by atoms with van der Waals surface area (Å²) in [5.74, 6) is -1.05. The summed E-state index contributed by atoms with van der Waals surface area (Å²) in [6.45, 7) is 0.784. The summed E-state index contributed by atoms with van der Waals surface area (Å²) in [5, 5.41) is 2.68. The van der Waals surface area contributed by atoms with Crippen molar-refractivity contribution in [3.63, 3.8) is 0 Å². The Labute approximate surface area is 178 Å². The fourth-order valence-electron chi connectivity index (χ4n) is 3.06. The Morgan fingerprint density at radius 3 is 2.29 bits per heavy atom. The lowest BCUT2D eigenvalue weighted by molar-refractivity contribution is -0.146. The lowest BCUT2D eigenvalue weighted by atomic mass is 10.1. The molecule has 0 aromatic heterocycles. The molecule has 0 atom stereocenters. The van der Waals surface area contributed by atoms with Crippen molar-refractivity contribution >= 4 is 17.6 Å². The first kappa shape index (κ1) is 22.6. The molecule has 1 heterocycles. The highest BCUT2D eigenvalue weighted by Gasteiger charge is 2.12. The van der Waals surface area contributed by atoms with Crippen molar-refractivity contribution in [2.24, 2.45) is 0 Å². The number of carbonyl (C=O) groups excluding carboxylic acids is 2. The molecule has 1 aliphatic heterocycles. The molecule has 1 fully saturated rings. The quantitative estimate of drug-likeness (QED) is 0.612. The van der Waals surface area contributed by atoms with E-state index in [9.17, 15) is 18.4 Å². The average Bonchev–Trinajstić information content (AvgIpc) is 2.75. The van der Waals surface area contributed by atoms with Gasteiger partial charge in [0.15, 0.2) is 6.61 Å². The zero-order chi connectivity index (χ0) is 22.1. The summed E-state index contributed by atoms with van der Waals surface area (Å²) in [7, 11) is 0. The molecule has 0 spiro atoms. The minimum absolute atomic E-state index is 0.00228. The van der Waals surface area contributed by atoms with Crippen LogP contribution in [0.3, 0.4) is 0 Å². The number of alkyl halides is 2. The molecule has 2 aromatic carbocycles. The molecule has 31 heavy (non-hydrogen) atoms. The molecule has 0 bridgehead atoms. The molecule has 0 aliphatic carbocycles. The maximum Gasteiger partial charge on any atom is 0.387 e. The number of rotatable bonds is 9. The van der Waals surface area contributed by atoms with Crippen molar-refractivity contribution in [3.05, 3.63) is 59.7 Å². The molecular formula is C22H24F2N2O5. The monoisotopic (exact) mass is 434 g/mol. The fourth-order valence-corrected chi connectivity index (χ4v) is 3.06. The zero-order valence-corrected chi connectivity index (χ0v) is 16.9. The third kappa shape index (κ3) is 7.95. The number of hydrogen-bond donors (Lipinski definition) is 1. The van der Waals surface area contributed by atoms with Crippen LogP contribution in [0.25, 0.3) is 0 Å². The van der Waals surface area contributed by atoms with E-state index in [1.807, 2.05) is 12.1 Å². The van der Waals surface area contributed by atoms with E-state index in [-0.39, 0.29) is 12.2 Å². The van der Waals surface area contributed by atoms with E-state index in [2.05, 4.69) is 15.0 Å². The summed E-state index contributed by atoms with van der Waals surface area (Å²) in [5.41, 5.74) is 2.31. The number of anilines is 1.